The average molecular weight is 327 g/mol. The van der Waals surface area contributed by atoms with Crippen molar-refractivity contribution in [1.29, 1.82) is 0 Å². The van der Waals surface area contributed by atoms with Gasteiger partial charge in [0.2, 0.25) is 5.91 Å². The molecule has 24 heavy (non-hydrogen) atoms. The molecule has 0 saturated heterocycles. The second kappa shape index (κ2) is 7.08. The van der Waals surface area contributed by atoms with Crippen molar-refractivity contribution in [3.05, 3.63) is 34.9 Å². The van der Waals surface area contributed by atoms with Crippen molar-refractivity contribution in [3.63, 3.8) is 0 Å². The Morgan fingerprint density at radius 1 is 1.12 bits per heavy atom. The fraction of sp³-hybridized carbons (Fsp3) is 0.619. The summed E-state index contributed by atoms with van der Waals surface area (Å²) in [6.07, 6.45) is 5.92. The van der Waals surface area contributed by atoms with Crippen molar-refractivity contribution in [2.75, 3.05) is 0 Å². The van der Waals surface area contributed by atoms with Crippen molar-refractivity contribution in [1.82, 2.24) is 5.32 Å². The Balaban J connectivity index is 1.46. The van der Waals surface area contributed by atoms with Gasteiger partial charge >= 0.3 is 0 Å². The third kappa shape index (κ3) is 3.71. The maximum atomic E-state index is 12.3. The van der Waals surface area contributed by atoms with Crippen LogP contribution in [0.5, 0.6) is 0 Å². The van der Waals surface area contributed by atoms with Crippen LogP contribution in [0.3, 0.4) is 0 Å². The molecule has 4 atom stereocenters. The molecule has 3 heteroatoms. The lowest BCUT2D eigenvalue weighted by Crippen LogP contribution is -2.40. The molecular formula is C21H29NO2. The Kier molecular flexibility index (Phi) is 5.07. The minimum Gasteiger partial charge on any atom is -0.353 e. The molecule has 2 fully saturated rings. The smallest absolute Gasteiger partial charge is 0.220 e. The molecule has 1 aromatic carbocycles. The summed E-state index contributed by atoms with van der Waals surface area (Å²) in [7, 11) is 0. The van der Waals surface area contributed by atoms with Gasteiger partial charge in [0, 0.05) is 24.4 Å². The van der Waals surface area contributed by atoms with E-state index in [1.807, 2.05) is 32.0 Å². The van der Waals surface area contributed by atoms with Crippen molar-refractivity contribution >= 4 is 11.7 Å². The van der Waals surface area contributed by atoms with Gasteiger partial charge in [-0.3, -0.25) is 9.59 Å². The second-order valence-corrected chi connectivity index (χ2v) is 7.92. The fourth-order valence-corrected chi connectivity index (χ4v) is 4.63. The number of ketones is 1. The highest BCUT2D eigenvalue weighted by atomic mass is 16.2. The van der Waals surface area contributed by atoms with Crippen LogP contribution < -0.4 is 5.32 Å². The summed E-state index contributed by atoms with van der Waals surface area (Å²) in [5.41, 5.74) is 3.02. The SMILES string of the molecule is Cc1ccc(C(=O)CCC(=O)N[C@@H](C)[C@@H]2C[C@H]3CC[C@H]2C3)cc1C. The van der Waals surface area contributed by atoms with Crippen LogP contribution in [0.15, 0.2) is 18.2 Å². The van der Waals surface area contributed by atoms with Gasteiger partial charge in [-0.05, 0) is 75.0 Å². The molecule has 2 saturated carbocycles. The zero-order valence-corrected chi connectivity index (χ0v) is 15.1. The van der Waals surface area contributed by atoms with E-state index in [-0.39, 0.29) is 30.6 Å². The van der Waals surface area contributed by atoms with E-state index in [2.05, 4.69) is 12.2 Å². The highest BCUT2D eigenvalue weighted by Crippen LogP contribution is 2.49. The van der Waals surface area contributed by atoms with E-state index in [0.717, 1.165) is 17.4 Å². The molecule has 2 aliphatic rings. The van der Waals surface area contributed by atoms with Gasteiger partial charge in [-0.2, -0.15) is 0 Å². The number of aryl methyl sites for hydroxylation is 2. The Hall–Kier alpha value is -1.64. The van der Waals surface area contributed by atoms with E-state index >= 15 is 0 Å². The minimum absolute atomic E-state index is 0.0162. The minimum atomic E-state index is 0.0162. The quantitative estimate of drug-likeness (QED) is 0.796. The Morgan fingerprint density at radius 3 is 2.54 bits per heavy atom. The molecule has 1 N–H and O–H groups in total. The standard InChI is InChI=1S/C21H29NO2/c1-13-4-6-18(10-14(13)2)20(23)8-9-21(24)22-15(3)19-12-16-5-7-17(19)11-16/h4,6,10,15-17,19H,5,7-9,11-12H2,1-3H3,(H,22,24)/t15-,16-,17-,19-/m0/s1. The molecule has 0 aliphatic heterocycles. The van der Waals surface area contributed by atoms with Crippen molar-refractivity contribution in [2.24, 2.45) is 17.8 Å². The third-order valence-electron chi connectivity index (χ3n) is 6.23. The lowest BCUT2D eigenvalue weighted by molar-refractivity contribution is -0.122. The number of carbonyl (C=O) groups is 2. The van der Waals surface area contributed by atoms with Crippen LogP contribution in [0.1, 0.15) is 66.9 Å². The Morgan fingerprint density at radius 2 is 1.92 bits per heavy atom. The van der Waals surface area contributed by atoms with Gasteiger partial charge in [0.05, 0.1) is 0 Å². The van der Waals surface area contributed by atoms with Crippen LogP contribution >= 0.6 is 0 Å². The second-order valence-electron chi connectivity index (χ2n) is 7.92. The lowest BCUT2D eigenvalue weighted by atomic mass is 9.84. The van der Waals surface area contributed by atoms with E-state index in [1.54, 1.807) is 0 Å². The molecule has 0 heterocycles. The Labute approximate surface area is 145 Å². The number of hydrogen-bond donors (Lipinski definition) is 1. The molecule has 0 unspecified atom stereocenters. The molecule has 0 spiro atoms. The highest BCUT2D eigenvalue weighted by Gasteiger charge is 2.42. The van der Waals surface area contributed by atoms with Crippen LogP contribution in [-0.2, 0) is 4.79 Å². The number of rotatable bonds is 6. The maximum absolute atomic E-state index is 12.3. The zero-order valence-electron chi connectivity index (χ0n) is 15.1. The van der Waals surface area contributed by atoms with Crippen LogP contribution in [0.4, 0.5) is 0 Å². The summed E-state index contributed by atoms with van der Waals surface area (Å²) in [6, 6.07) is 6.00. The first-order valence-electron chi connectivity index (χ1n) is 9.34. The normalized spacial score (nSPS) is 26.4. The predicted octanol–water partition coefficient (Wildman–Crippen LogP) is 4.21. The largest absolute Gasteiger partial charge is 0.353 e. The first-order chi connectivity index (χ1) is 11.4. The van der Waals surface area contributed by atoms with Gasteiger partial charge in [0.1, 0.15) is 0 Å². The van der Waals surface area contributed by atoms with Gasteiger partial charge in [0.25, 0.3) is 0 Å². The van der Waals surface area contributed by atoms with Gasteiger partial charge in [-0.25, -0.2) is 0 Å². The molecule has 0 aromatic heterocycles. The maximum Gasteiger partial charge on any atom is 0.220 e. The van der Waals surface area contributed by atoms with Gasteiger partial charge < -0.3 is 5.32 Å². The highest BCUT2D eigenvalue weighted by molar-refractivity contribution is 5.98. The van der Waals surface area contributed by atoms with E-state index in [1.165, 1.54) is 31.2 Å². The van der Waals surface area contributed by atoms with E-state index in [9.17, 15) is 9.59 Å². The molecule has 1 aromatic rings. The van der Waals surface area contributed by atoms with Crippen LogP contribution in [-0.4, -0.2) is 17.7 Å². The molecule has 3 nitrogen and oxygen atoms in total. The number of amides is 1. The van der Waals surface area contributed by atoms with E-state index < -0.39 is 0 Å². The molecule has 2 aliphatic carbocycles. The van der Waals surface area contributed by atoms with Crippen molar-refractivity contribution < 1.29 is 9.59 Å². The monoisotopic (exact) mass is 327 g/mol. The van der Waals surface area contributed by atoms with E-state index in [4.69, 9.17) is 0 Å². The van der Waals surface area contributed by atoms with Gasteiger partial charge in [-0.1, -0.05) is 18.6 Å². The topological polar surface area (TPSA) is 46.2 Å². The molecule has 130 valence electrons. The number of hydrogen-bond acceptors (Lipinski definition) is 2. The summed E-state index contributed by atoms with van der Waals surface area (Å²) in [5.74, 6) is 2.42. The van der Waals surface area contributed by atoms with Crippen LogP contribution in [0.2, 0.25) is 0 Å². The summed E-state index contributed by atoms with van der Waals surface area (Å²) >= 11 is 0. The zero-order chi connectivity index (χ0) is 17.3. The first-order valence-corrected chi connectivity index (χ1v) is 9.34. The van der Waals surface area contributed by atoms with Gasteiger partial charge in [0.15, 0.2) is 5.78 Å². The Bertz CT molecular complexity index is 637. The number of fused-ring (bicyclic) bond motifs is 2. The third-order valence-corrected chi connectivity index (χ3v) is 6.23. The summed E-state index contributed by atoms with van der Waals surface area (Å²) < 4.78 is 0. The molecular weight excluding hydrogens is 298 g/mol. The number of carbonyl (C=O) groups excluding carboxylic acids is 2. The van der Waals surface area contributed by atoms with Crippen molar-refractivity contribution in [3.8, 4) is 0 Å². The van der Waals surface area contributed by atoms with Crippen LogP contribution in [0, 0.1) is 31.6 Å². The molecule has 0 radical (unpaired) electrons. The summed E-state index contributed by atoms with van der Waals surface area (Å²) in [6.45, 7) is 6.18. The lowest BCUT2D eigenvalue weighted by Gasteiger charge is -2.28. The van der Waals surface area contributed by atoms with Crippen LogP contribution in [0.25, 0.3) is 0 Å². The molecule has 1 amide bonds. The fourth-order valence-electron chi connectivity index (χ4n) is 4.63. The summed E-state index contributed by atoms with van der Waals surface area (Å²) in [4.78, 5) is 24.5. The number of Topliss-reactive ketones (excluding diaryl/α,β-unsaturated/α-hetero) is 1. The van der Waals surface area contributed by atoms with E-state index in [0.29, 0.717) is 11.5 Å². The first kappa shape index (κ1) is 17.2. The average Bonchev–Trinajstić information content (AvgIpc) is 3.18. The summed E-state index contributed by atoms with van der Waals surface area (Å²) in [5, 5.41) is 3.14. The molecule has 3 rings (SSSR count). The van der Waals surface area contributed by atoms with Crippen molar-refractivity contribution in [2.45, 2.75) is 65.3 Å². The number of nitrogens with one attached hydrogen (secondary N) is 1. The van der Waals surface area contributed by atoms with Gasteiger partial charge in [-0.15, -0.1) is 0 Å². The predicted molar refractivity (Wildman–Crippen MR) is 96.0 cm³/mol. The number of benzene rings is 1. The molecule has 2 bridgehead atoms.